The number of nitrogens with zero attached hydrogens (tertiary/aromatic N) is 1. The Bertz CT molecular complexity index is 804. The summed E-state index contributed by atoms with van der Waals surface area (Å²) < 4.78 is 18.5. The lowest BCUT2D eigenvalue weighted by Gasteiger charge is -2.33. The molecule has 4 nitrogen and oxygen atoms in total. The maximum absolute atomic E-state index is 12.9. The van der Waals surface area contributed by atoms with Crippen LogP contribution in [0.1, 0.15) is 31.0 Å². The van der Waals surface area contributed by atoms with Crippen molar-refractivity contribution >= 4 is 17.7 Å². The molecule has 2 aromatic rings. The van der Waals surface area contributed by atoms with Gasteiger partial charge in [0.1, 0.15) is 5.82 Å². The third-order valence-electron chi connectivity index (χ3n) is 4.63. The van der Waals surface area contributed by atoms with E-state index in [0.29, 0.717) is 0 Å². The van der Waals surface area contributed by atoms with E-state index in [1.165, 1.54) is 18.2 Å². The van der Waals surface area contributed by atoms with Gasteiger partial charge in [0.2, 0.25) is 5.91 Å². The van der Waals surface area contributed by atoms with Crippen molar-refractivity contribution in [3.63, 3.8) is 0 Å². The zero-order valence-corrected chi connectivity index (χ0v) is 15.7. The Balaban J connectivity index is 1.61. The van der Waals surface area contributed by atoms with Gasteiger partial charge < -0.3 is 15.0 Å². The first kappa shape index (κ1) is 19.1. The van der Waals surface area contributed by atoms with Gasteiger partial charge in [0.25, 0.3) is 0 Å². The molecule has 0 saturated carbocycles. The topological polar surface area (TPSA) is 41.6 Å². The summed E-state index contributed by atoms with van der Waals surface area (Å²) in [5.74, 6) is -0.475. The third kappa shape index (κ3) is 5.41. The number of carbonyl (C=O) groups excluding carboxylic acids is 1. The first-order valence-corrected chi connectivity index (χ1v) is 9.22. The fourth-order valence-electron chi connectivity index (χ4n) is 3.13. The highest BCUT2D eigenvalue weighted by Crippen LogP contribution is 2.22. The smallest absolute Gasteiger partial charge is 0.244 e. The van der Waals surface area contributed by atoms with E-state index in [1.807, 2.05) is 19.1 Å². The fourth-order valence-corrected chi connectivity index (χ4v) is 3.13. The monoisotopic (exact) mass is 368 g/mol. The molecule has 1 N–H and O–H groups in total. The molecule has 5 heteroatoms. The number of carbonyl (C=O) groups is 1. The van der Waals surface area contributed by atoms with E-state index < -0.39 is 0 Å². The Morgan fingerprint density at radius 2 is 2.07 bits per heavy atom. The van der Waals surface area contributed by atoms with E-state index in [2.05, 4.69) is 29.3 Å². The van der Waals surface area contributed by atoms with Crippen LogP contribution in [-0.4, -0.2) is 31.7 Å². The van der Waals surface area contributed by atoms with Gasteiger partial charge in [-0.15, -0.1) is 0 Å². The van der Waals surface area contributed by atoms with E-state index in [-0.39, 0.29) is 23.9 Å². The summed E-state index contributed by atoms with van der Waals surface area (Å²) in [4.78, 5) is 14.5. The maximum Gasteiger partial charge on any atom is 0.244 e. The minimum absolute atomic E-state index is 0.117. The zero-order valence-electron chi connectivity index (χ0n) is 15.7. The molecule has 1 amide bonds. The third-order valence-corrected chi connectivity index (χ3v) is 4.63. The number of ether oxygens (including phenoxy) is 1. The molecule has 2 aromatic carbocycles. The zero-order chi connectivity index (χ0) is 19.2. The molecule has 0 aliphatic carbocycles. The quantitative estimate of drug-likeness (QED) is 0.813. The molecule has 2 atom stereocenters. The lowest BCUT2D eigenvalue weighted by molar-refractivity contribution is -0.117. The lowest BCUT2D eigenvalue weighted by Crippen LogP contribution is -2.41. The summed E-state index contributed by atoms with van der Waals surface area (Å²) in [5.41, 5.74) is 2.98. The van der Waals surface area contributed by atoms with Gasteiger partial charge in [0.15, 0.2) is 0 Å². The van der Waals surface area contributed by atoms with Gasteiger partial charge >= 0.3 is 0 Å². The van der Waals surface area contributed by atoms with E-state index in [1.54, 1.807) is 18.2 Å². The normalized spacial score (nSPS) is 18.5. The average Bonchev–Trinajstić information content (AvgIpc) is 2.67. The van der Waals surface area contributed by atoms with E-state index in [4.69, 9.17) is 4.74 Å². The van der Waals surface area contributed by atoms with E-state index >= 15 is 0 Å². The Morgan fingerprint density at radius 1 is 1.30 bits per heavy atom. The van der Waals surface area contributed by atoms with Crippen molar-refractivity contribution in [2.75, 3.05) is 24.6 Å². The van der Waals surface area contributed by atoms with Crippen LogP contribution in [0.4, 0.5) is 10.1 Å². The second kappa shape index (κ2) is 8.82. The highest BCUT2D eigenvalue weighted by Gasteiger charge is 2.18. The van der Waals surface area contributed by atoms with Crippen LogP contribution in [0, 0.1) is 5.82 Å². The minimum atomic E-state index is -0.292. The predicted molar refractivity (Wildman–Crippen MR) is 106 cm³/mol. The second-order valence-electron chi connectivity index (χ2n) is 6.84. The van der Waals surface area contributed by atoms with Gasteiger partial charge in [0.05, 0.1) is 18.8 Å². The van der Waals surface area contributed by atoms with Crippen LogP contribution >= 0.6 is 0 Å². The predicted octanol–water partition coefficient (Wildman–Crippen LogP) is 3.94. The number of nitrogens with one attached hydrogen (secondary N) is 1. The lowest BCUT2D eigenvalue weighted by atomic mass is 10.1. The summed E-state index contributed by atoms with van der Waals surface area (Å²) in [7, 11) is 0. The van der Waals surface area contributed by atoms with Crippen molar-refractivity contribution in [1.82, 2.24) is 5.32 Å². The number of hydrogen-bond acceptors (Lipinski definition) is 3. The molecule has 142 valence electrons. The number of benzene rings is 2. The number of hydrogen-bond donors (Lipinski definition) is 1. The van der Waals surface area contributed by atoms with Crippen LogP contribution in [0.25, 0.3) is 6.08 Å². The van der Waals surface area contributed by atoms with Crippen molar-refractivity contribution < 1.29 is 13.9 Å². The van der Waals surface area contributed by atoms with E-state index in [0.717, 1.165) is 36.5 Å². The number of morpholine rings is 1. The first-order valence-electron chi connectivity index (χ1n) is 9.22. The van der Waals surface area contributed by atoms with Gasteiger partial charge in [0, 0.05) is 24.9 Å². The summed E-state index contributed by atoms with van der Waals surface area (Å²) in [5, 5.41) is 2.97. The molecule has 27 heavy (non-hydrogen) atoms. The Morgan fingerprint density at radius 3 is 2.81 bits per heavy atom. The van der Waals surface area contributed by atoms with Crippen molar-refractivity contribution in [2.24, 2.45) is 0 Å². The largest absolute Gasteiger partial charge is 0.375 e. The molecule has 3 rings (SSSR count). The molecule has 1 unspecified atom stereocenters. The molecule has 1 heterocycles. The number of anilines is 1. The first-order chi connectivity index (χ1) is 13.0. The van der Waals surface area contributed by atoms with Crippen molar-refractivity contribution in [2.45, 2.75) is 26.0 Å². The van der Waals surface area contributed by atoms with Crippen molar-refractivity contribution in [1.29, 1.82) is 0 Å². The summed E-state index contributed by atoms with van der Waals surface area (Å²) >= 11 is 0. The van der Waals surface area contributed by atoms with Crippen LogP contribution in [0.5, 0.6) is 0 Å². The number of halogens is 1. The van der Waals surface area contributed by atoms with Gasteiger partial charge in [-0.2, -0.15) is 0 Å². The van der Waals surface area contributed by atoms with Crippen molar-refractivity contribution in [3.8, 4) is 0 Å². The molecular formula is C22H25FN2O2. The molecule has 0 bridgehead atoms. The van der Waals surface area contributed by atoms with Gasteiger partial charge in [-0.25, -0.2) is 4.39 Å². The molecule has 0 radical (unpaired) electrons. The van der Waals surface area contributed by atoms with Crippen LogP contribution in [-0.2, 0) is 9.53 Å². The Hall–Kier alpha value is -2.66. The summed E-state index contributed by atoms with van der Waals surface area (Å²) in [6, 6.07) is 14.1. The van der Waals surface area contributed by atoms with Crippen LogP contribution in [0.3, 0.4) is 0 Å². The van der Waals surface area contributed by atoms with Crippen LogP contribution < -0.4 is 10.2 Å². The SMILES string of the molecule is CC1CN(c2cccc([C@@H](C)NC(=O)C=Cc3ccc(F)cc3)c2)CCO1. The Labute approximate surface area is 159 Å². The average molecular weight is 368 g/mol. The molecular weight excluding hydrogens is 343 g/mol. The molecule has 0 spiro atoms. The van der Waals surface area contributed by atoms with E-state index in [9.17, 15) is 9.18 Å². The molecule has 1 fully saturated rings. The van der Waals surface area contributed by atoms with Gasteiger partial charge in [-0.1, -0.05) is 24.3 Å². The van der Waals surface area contributed by atoms with Gasteiger partial charge in [-0.3, -0.25) is 4.79 Å². The number of rotatable bonds is 5. The molecule has 1 aliphatic rings. The highest BCUT2D eigenvalue weighted by molar-refractivity contribution is 5.92. The molecule has 0 aromatic heterocycles. The summed E-state index contributed by atoms with van der Waals surface area (Å²) in [6.45, 7) is 6.50. The highest BCUT2D eigenvalue weighted by atomic mass is 19.1. The maximum atomic E-state index is 12.9. The second-order valence-corrected chi connectivity index (χ2v) is 6.84. The number of amides is 1. The van der Waals surface area contributed by atoms with Crippen LogP contribution in [0.2, 0.25) is 0 Å². The van der Waals surface area contributed by atoms with Crippen LogP contribution in [0.15, 0.2) is 54.6 Å². The van der Waals surface area contributed by atoms with Crippen molar-refractivity contribution in [3.05, 3.63) is 71.6 Å². The molecule has 1 saturated heterocycles. The standard InChI is InChI=1S/C22H25FN2O2/c1-16-15-25(12-13-27-16)21-5-3-4-19(14-21)17(2)24-22(26)11-8-18-6-9-20(23)10-7-18/h3-11,14,16-17H,12-13,15H2,1-2H3,(H,24,26)/t16?,17-/m1/s1. The minimum Gasteiger partial charge on any atom is -0.375 e. The summed E-state index contributed by atoms with van der Waals surface area (Å²) in [6.07, 6.45) is 3.36. The Kier molecular flexibility index (Phi) is 6.24. The fraction of sp³-hybridized carbons (Fsp3) is 0.318. The van der Waals surface area contributed by atoms with Gasteiger partial charge in [-0.05, 0) is 55.3 Å². The molecule has 1 aliphatic heterocycles.